The van der Waals surface area contributed by atoms with Crippen LogP contribution in [0, 0.1) is 6.92 Å². The third-order valence-electron chi connectivity index (χ3n) is 2.34. The summed E-state index contributed by atoms with van der Waals surface area (Å²) in [6.45, 7) is -0.664. The zero-order valence-corrected chi connectivity index (χ0v) is 14.8. The predicted octanol–water partition coefficient (Wildman–Crippen LogP) is 1.54. The molecule has 96 valence electrons. The van der Waals surface area contributed by atoms with Gasteiger partial charge in [-0.3, -0.25) is 0 Å². The number of aryl methyl sites for hydroxylation is 1. The van der Waals surface area contributed by atoms with Gasteiger partial charge in [-0.15, -0.1) is 0 Å². The summed E-state index contributed by atoms with van der Waals surface area (Å²) in [7, 11) is 0. The average molecular weight is 305 g/mol. The molecule has 1 aromatic carbocycles. The van der Waals surface area contributed by atoms with Crippen LogP contribution in [0.1, 0.15) is 30.9 Å². The van der Waals surface area contributed by atoms with Crippen LogP contribution in [0.15, 0.2) is 12.1 Å². The van der Waals surface area contributed by atoms with Crippen molar-refractivity contribution in [1.82, 2.24) is 0 Å². The molecule has 0 aromatic heterocycles. The Kier molecular flexibility index (Phi) is 7.88. The van der Waals surface area contributed by atoms with Crippen LogP contribution in [0.4, 0.5) is 12.9 Å². The molecule has 1 nitrogen and oxygen atoms in total. The number of benzene rings is 1. The zero-order valence-electron chi connectivity index (χ0n) is 10.9. The third-order valence-corrected chi connectivity index (χ3v) is 2.75. The first kappa shape index (κ1) is 18.8. The molecule has 18 heavy (non-hydrogen) atoms. The van der Waals surface area contributed by atoms with Crippen LogP contribution in [-0.2, 0) is 0 Å². The van der Waals surface area contributed by atoms with E-state index in [1.54, 1.807) is 19.1 Å². The van der Waals surface area contributed by atoms with Gasteiger partial charge in [0.1, 0.15) is 5.75 Å². The molecule has 0 unspecified atom stereocenters. The first-order valence-corrected chi connectivity index (χ1v) is 5.72. The number of halogens is 4. The normalized spacial score (nSPS) is 11.3. The van der Waals surface area contributed by atoms with Crippen molar-refractivity contribution in [3.8, 4) is 5.75 Å². The Morgan fingerprint density at radius 2 is 1.83 bits per heavy atom. The Balaban J connectivity index is 0.00000289. The van der Waals surface area contributed by atoms with Gasteiger partial charge >= 0.3 is 58.4 Å². The molecule has 0 fully saturated rings. The van der Waals surface area contributed by atoms with Gasteiger partial charge in [0.15, 0.2) is 0 Å². The van der Waals surface area contributed by atoms with E-state index >= 15 is 0 Å². The van der Waals surface area contributed by atoms with E-state index in [2.05, 4.69) is 0 Å². The van der Waals surface area contributed by atoms with Gasteiger partial charge in [-0.25, -0.2) is 0 Å². The second-order valence-corrected chi connectivity index (χ2v) is 4.72. The van der Waals surface area contributed by atoms with E-state index in [1.807, 2.05) is 13.8 Å². The van der Waals surface area contributed by atoms with Gasteiger partial charge in [0.25, 0.3) is 0 Å². The topological polar surface area (TPSA) is 9.23 Å². The molecule has 0 radical (unpaired) electrons. The van der Waals surface area contributed by atoms with Crippen molar-refractivity contribution in [3.63, 3.8) is 0 Å². The molecule has 0 amide bonds. The Morgan fingerprint density at radius 1 is 1.28 bits per heavy atom. The maximum absolute atomic E-state index is 12.2. The maximum atomic E-state index is 12.2. The van der Waals surface area contributed by atoms with Crippen molar-refractivity contribution < 1.29 is 69.1 Å². The third kappa shape index (κ3) is 5.84. The summed E-state index contributed by atoms with van der Waals surface area (Å²) in [5.41, 5.74) is 1.40. The Hall–Kier alpha value is 0.801. The van der Waals surface area contributed by atoms with E-state index < -0.39 is 13.5 Å². The maximum Gasteiger partial charge on any atom is 1.00 e. The average Bonchev–Trinajstić information content (AvgIpc) is 2.17. The van der Waals surface area contributed by atoms with E-state index in [4.69, 9.17) is 16.3 Å². The molecule has 0 atom stereocenters. The number of hydrogen-bond acceptors (Lipinski definition) is 1. The number of rotatable bonds is 4. The minimum absolute atomic E-state index is 0. The predicted molar refractivity (Wildman–Crippen MR) is 64.9 cm³/mol. The first-order chi connectivity index (χ1) is 7.70. The molecule has 7 heteroatoms. The minimum atomic E-state index is -4.94. The van der Waals surface area contributed by atoms with Gasteiger partial charge in [-0.2, -0.15) is 0 Å². The van der Waals surface area contributed by atoms with Crippen molar-refractivity contribution in [2.75, 3.05) is 6.51 Å². The molecule has 1 rings (SSSR count). The molecule has 1 aromatic rings. The quantitative estimate of drug-likeness (QED) is 0.767. The van der Waals surface area contributed by atoms with Gasteiger partial charge in [0, 0.05) is 5.02 Å². The van der Waals surface area contributed by atoms with Gasteiger partial charge in [-0.1, -0.05) is 25.4 Å². The molecule has 0 bridgehead atoms. The van der Waals surface area contributed by atoms with Crippen molar-refractivity contribution in [2.24, 2.45) is 0 Å². The summed E-state index contributed by atoms with van der Waals surface area (Å²) in [4.78, 5) is 0. The summed E-state index contributed by atoms with van der Waals surface area (Å²) in [5, 5.41) is 0.540. The Morgan fingerprint density at radius 3 is 2.28 bits per heavy atom. The number of ether oxygens (including phenoxy) is 1. The smallest absolute Gasteiger partial charge is 0.521 e. The summed E-state index contributed by atoms with van der Waals surface area (Å²) >= 11 is 5.95. The molecule has 0 aliphatic heterocycles. The molecular formula is C11H14BClF3KO. The molecule has 0 N–H and O–H groups in total. The Labute approximate surface area is 153 Å². The van der Waals surface area contributed by atoms with Crippen LogP contribution in [0.2, 0.25) is 5.02 Å². The van der Waals surface area contributed by atoms with Gasteiger partial charge < -0.3 is 17.7 Å². The summed E-state index contributed by atoms with van der Waals surface area (Å²) in [5.74, 6) is 0.324. The summed E-state index contributed by atoms with van der Waals surface area (Å²) < 4.78 is 41.3. The van der Waals surface area contributed by atoms with Gasteiger partial charge in [0.2, 0.25) is 0 Å². The fourth-order valence-electron chi connectivity index (χ4n) is 1.43. The molecule has 0 heterocycles. The van der Waals surface area contributed by atoms with Crippen LogP contribution in [0.3, 0.4) is 0 Å². The van der Waals surface area contributed by atoms with Crippen LogP contribution < -0.4 is 56.1 Å². The van der Waals surface area contributed by atoms with Crippen LogP contribution in [-0.4, -0.2) is 13.5 Å². The molecule has 0 saturated heterocycles. The second-order valence-electron chi connectivity index (χ2n) is 4.32. The standard InChI is InChI=1S/C11H14BClF3O.K/c1-7(2)9-5-10(13)8(3)4-11(9)17-6-12(14,15)16;/h4-5,7H,6H2,1-3H3;/q-1;+1. The second kappa shape index (κ2) is 7.55. The molecule has 0 spiro atoms. The van der Waals surface area contributed by atoms with Crippen molar-refractivity contribution >= 4 is 18.6 Å². The van der Waals surface area contributed by atoms with Crippen LogP contribution in [0.25, 0.3) is 0 Å². The van der Waals surface area contributed by atoms with E-state index in [0.717, 1.165) is 0 Å². The van der Waals surface area contributed by atoms with E-state index in [-0.39, 0.29) is 63.1 Å². The zero-order chi connectivity index (χ0) is 13.2. The molecule has 0 saturated carbocycles. The largest absolute Gasteiger partial charge is 1.00 e. The van der Waals surface area contributed by atoms with E-state index in [9.17, 15) is 12.9 Å². The number of hydrogen-bond donors (Lipinski definition) is 0. The fourth-order valence-corrected chi connectivity index (χ4v) is 1.60. The minimum Gasteiger partial charge on any atom is -0.521 e. The van der Waals surface area contributed by atoms with Crippen molar-refractivity contribution in [1.29, 1.82) is 0 Å². The SMILES string of the molecule is Cc1cc(OC[B-](F)(F)F)c(C(C)C)cc1Cl.[K+]. The summed E-state index contributed by atoms with van der Waals surface area (Å²) in [6, 6.07) is 3.22. The van der Waals surface area contributed by atoms with E-state index in [1.165, 1.54) is 0 Å². The van der Waals surface area contributed by atoms with Gasteiger partial charge in [-0.05, 0) is 36.1 Å². The molecule has 0 aliphatic carbocycles. The van der Waals surface area contributed by atoms with Crippen LogP contribution in [0.5, 0.6) is 5.75 Å². The summed E-state index contributed by atoms with van der Waals surface area (Å²) in [6.07, 6.45) is 0. The van der Waals surface area contributed by atoms with Gasteiger partial charge in [0.05, 0.1) is 6.51 Å². The fraction of sp³-hybridized carbons (Fsp3) is 0.455. The monoisotopic (exact) mass is 304 g/mol. The van der Waals surface area contributed by atoms with E-state index in [0.29, 0.717) is 16.1 Å². The van der Waals surface area contributed by atoms with Crippen molar-refractivity contribution in [2.45, 2.75) is 26.7 Å². The molecular weight excluding hydrogens is 290 g/mol. The van der Waals surface area contributed by atoms with Crippen molar-refractivity contribution in [3.05, 3.63) is 28.3 Å². The molecule has 0 aliphatic rings. The Bertz CT molecular complexity index is 410. The first-order valence-electron chi connectivity index (χ1n) is 5.34. The van der Waals surface area contributed by atoms with Crippen LogP contribution >= 0.6 is 11.6 Å².